The monoisotopic (exact) mass is 269 g/mol. The first-order chi connectivity index (χ1) is 8.65. The molecule has 1 amide bonds. The molecule has 1 heterocycles. The zero-order chi connectivity index (χ0) is 13.0. The number of carbonyl (C=O) groups is 1. The van der Waals surface area contributed by atoms with Gasteiger partial charge in [0, 0.05) is 18.1 Å². The Morgan fingerprint density at radius 3 is 3.06 bits per heavy atom. The Morgan fingerprint density at radius 2 is 2.39 bits per heavy atom. The van der Waals surface area contributed by atoms with Crippen LogP contribution in [0.3, 0.4) is 0 Å². The highest BCUT2D eigenvalue weighted by Crippen LogP contribution is 2.17. The van der Waals surface area contributed by atoms with Crippen LogP contribution < -0.4 is 4.74 Å². The summed E-state index contributed by atoms with van der Waals surface area (Å²) >= 11 is 5.82. The lowest BCUT2D eigenvalue weighted by Gasteiger charge is -2.15. The number of halogens is 1. The lowest BCUT2D eigenvalue weighted by molar-refractivity contribution is -0.131. The number of hydrogen-bond acceptors (Lipinski definition) is 3. The molecular weight excluding hydrogens is 254 g/mol. The van der Waals surface area contributed by atoms with Gasteiger partial charge in [-0.05, 0) is 24.6 Å². The van der Waals surface area contributed by atoms with Crippen LogP contribution in [-0.2, 0) is 4.79 Å². The van der Waals surface area contributed by atoms with E-state index in [4.69, 9.17) is 16.3 Å². The molecule has 1 saturated heterocycles. The van der Waals surface area contributed by atoms with Gasteiger partial charge in [-0.3, -0.25) is 4.79 Å². The van der Waals surface area contributed by atoms with Crippen LogP contribution in [0.1, 0.15) is 12.8 Å². The summed E-state index contributed by atoms with van der Waals surface area (Å²) in [5, 5.41) is 9.96. The third kappa shape index (κ3) is 3.62. The summed E-state index contributed by atoms with van der Waals surface area (Å²) in [6.07, 6.45) is 0.614. The fraction of sp³-hybridized carbons (Fsp3) is 0.462. The van der Waals surface area contributed by atoms with Crippen molar-refractivity contribution in [2.45, 2.75) is 18.9 Å². The average Bonchev–Trinajstić information content (AvgIpc) is 2.76. The molecule has 0 radical (unpaired) electrons. The highest BCUT2D eigenvalue weighted by Gasteiger charge is 2.23. The van der Waals surface area contributed by atoms with Gasteiger partial charge in [-0.1, -0.05) is 17.7 Å². The molecule has 18 heavy (non-hydrogen) atoms. The summed E-state index contributed by atoms with van der Waals surface area (Å²) in [7, 11) is 0. The number of aliphatic hydroxyl groups is 1. The van der Waals surface area contributed by atoms with E-state index in [-0.39, 0.29) is 12.0 Å². The van der Waals surface area contributed by atoms with E-state index in [1.54, 1.807) is 29.2 Å². The molecule has 1 aromatic carbocycles. The van der Waals surface area contributed by atoms with Crippen LogP contribution in [0.25, 0.3) is 0 Å². The van der Waals surface area contributed by atoms with Crippen molar-refractivity contribution in [3.63, 3.8) is 0 Å². The molecule has 1 aromatic rings. The van der Waals surface area contributed by atoms with Crippen LogP contribution in [0.2, 0.25) is 5.02 Å². The van der Waals surface area contributed by atoms with Gasteiger partial charge in [-0.25, -0.2) is 0 Å². The average molecular weight is 270 g/mol. The van der Waals surface area contributed by atoms with Gasteiger partial charge >= 0.3 is 0 Å². The molecule has 0 bridgehead atoms. The maximum atomic E-state index is 11.8. The Kier molecular flexibility index (Phi) is 4.44. The number of likely N-dealkylation sites (tertiary alicyclic amines) is 1. The summed E-state index contributed by atoms with van der Waals surface area (Å²) in [5.41, 5.74) is 0. The molecule has 2 rings (SSSR count). The molecule has 1 fully saturated rings. The first-order valence-electron chi connectivity index (χ1n) is 5.99. The molecule has 5 heteroatoms. The summed E-state index contributed by atoms with van der Waals surface area (Å²) in [5.74, 6) is 0.685. The first kappa shape index (κ1) is 13.2. The number of amides is 1. The van der Waals surface area contributed by atoms with Gasteiger partial charge in [0.2, 0.25) is 5.91 Å². The van der Waals surface area contributed by atoms with Crippen molar-refractivity contribution in [3.05, 3.63) is 29.3 Å². The Hall–Kier alpha value is -1.26. The molecule has 4 nitrogen and oxygen atoms in total. The second-order valence-corrected chi connectivity index (χ2v) is 4.77. The van der Waals surface area contributed by atoms with Crippen molar-refractivity contribution in [1.82, 2.24) is 4.90 Å². The standard InChI is InChI=1S/C13H16ClNO3/c14-10-2-1-3-12(8-10)18-7-5-13(17)15-6-4-11(16)9-15/h1-3,8,11,16H,4-7,9H2/t11-/m0/s1. The van der Waals surface area contributed by atoms with Gasteiger partial charge in [0.15, 0.2) is 0 Å². The zero-order valence-corrected chi connectivity index (χ0v) is 10.8. The van der Waals surface area contributed by atoms with Gasteiger partial charge < -0.3 is 14.7 Å². The van der Waals surface area contributed by atoms with Crippen molar-refractivity contribution in [2.24, 2.45) is 0 Å². The van der Waals surface area contributed by atoms with Crippen molar-refractivity contribution in [2.75, 3.05) is 19.7 Å². The van der Waals surface area contributed by atoms with Crippen LogP contribution in [0.5, 0.6) is 5.75 Å². The molecule has 1 N–H and O–H groups in total. The SMILES string of the molecule is O=C(CCOc1cccc(Cl)c1)N1CC[C@H](O)C1. The topological polar surface area (TPSA) is 49.8 Å². The number of aliphatic hydroxyl groups excluding tert-OH is 1. The highest BCUT2D eigenvalue weighted by molar-refractivity contribution is 6.30. The van der Waals surface area contributed by atoms with Gasteiger partial charge in [-0.15, -0.1) is 0 Å². The van der Waals surface area contributed by atoms with Gasteiger partial charge in [0.1, 0.15) is 5.75 Å². The van der Waals surface area contributed by atoms with Gasteiger partial charge in [0.05, 0.1) is 19.1 Å². The van der Waals surface area contributed by atoms with Gasteiger partial charge in [-0.2, -0.15) is 0 Å². The largest absolute Gasteiger partial charge is 0.493 e. The molecule has 0 aliphatic carbocycles. The molecular formula is C13H16ClNO3. The highest BCUT2D eigenvalue weighted by atomic mass is 35.5. The molecule has 0 unspecified atom stereocenters. The van der Waals surface area contributed by atoms with E-state index < -0.39 is 0 Å². The molecule has 1 aliphatic heterocycles. The quantitative estimate of drug-likeness (QED) is 0.905. The minimum absolute atomic E-state index is 0.0218. The second-order valence-electron chi connectivity index (χ2n) is 4.34. The van der Waals surface area contributed by atoms with Crippen LogP contribution in [-0.4, -0.2) is 41.7 Å². The summed E-state index contributed by atoms with van der Waals surface area (Å²) in [4.78, 5) is 13.4. The zero-order valence-electron chi connectivity index (χ0n) is 10.0. The molecule has 0 spiro atoms. The smallest absolute Gasteiger partial charge is 0.226 e. The van der Waals surface area contributed by atoms with E-state index >= 15 is 0 Å². The van der Waals surface area contributed by atoms with E-state index in [0.717, 1.165) is 0 Å². The Balaban J connectivity index is 1.73. The van der Waals surface area contributed by atoms with Crippen molar-refractivity contribution in [3.8, 4) is 5.75 Å². The second kappa shape index (κ2) is 6.07. The molecule has 1 aliphatic rings. The predicted molar refractivity (Wildman–Crippen MR) is 68.8 cm³/mol. The van der Waals surface area contributed by atoms with E-state index in [0.29, 0.717) is 43.3 Å². The third-order valence-corrected chi connectivity index (χ3v) is 3.13. The normalized spacial score (nSPS) is 19.0. The fourth-order valence-electron chi connectivity index (χ4n) is 1.94. The van der Waals surface area contributed by atoms with E-state index in [1.165, 1.54) is 0 Å². The first-order valence-corrected chi connectivity index (χ1v) is 6.37. The Labute approximate surface area is 111 Å². The number of nitrogens with zero attached hydrogens (tertiary/aromatic N) is 1. The van der Waals surface area contributed by atoms with E-state index in [9.17, 15) is 9.90 Å². The number of hydrogen-bond donors (Lipinski definition) is 1. The lowest BCUT2D eigenvalue weighted by atomic mass is 10.3. The number of ether oxygens (including phenoxy) is 1. The minimum Gasteiger partial charge on any atom is -0.493 e. The van der Waals surface area contributed by atoms with E-state index in [2.05, 4.69) is 0 Å². The van der Waals surface area contributed by atoms with Crippen LogP contribution in [0.4, 0.5) is 0 Å². The minimum atomic E-state index is -0.372. The fourth-order valence-corrected chi connectivity index (χ4v) is 2.12. The van der Waals surface area contributed by atoms with Crippen LogP contribution >= 0.6 is 11.6 Å². The number of rotatable bonds is 4. The molecule has 98 valence electrons. The van der Waals surface area contributed by atoms with Crippen molar-refractivity contribution in [1.29, 1.82) is 0 Å². The molecule has 1 atom stereocenters. The predicted octanol–water partition coefficient (Wildman–Crippen LogP) is 1.70. The van der Waals surface area contributed by atoms with Crippen molar-refractivity contribution >= 4 is 17.5 Å². The molecule has 0 aromatic heterocycles. The van der Waals surface area contributed by atoms with Crippen molar-refractivity contribution < 1.29 is 14.6 Å². The van der Waals surface area contributed by atoms with Crippen LogP contribution in [0, 0.1) is 0 Å². The number of benzene rings is 1. The maximum Gasteiger partial charge on any atom is 0.226 e. The summed E-state index contributed by atoms with van der Waals surface area (Å²) < 4.78 is 5.45. The maximum absolute atomic E-state index is 11.8. The number of carbonyl (C=O) groups excluding carboxylic acids is 1. The van der Waals surface area contributed by atoms with Crippen LogP contribution in [0.15, 0.2) is 24.3 Å². The summed E-state index contributed by atoms with van der Waals surface area (Å²) in [6.45, 7) is 1.40. The Bertz CT molecular complexity index is 424. The molecule has 0 saturated carbocycles. The van der Waals surface area contributed by atoms with E-state index in [1.807, 2.05) is 0 Å². The summed E-state index contributed by atoms with van der Waals surface area (Å²) in [6, 6.07) is 7.09. The van der Waals surface area contributed by atoms with Gasteiger partial charge in [0.25, 0.3) is 0 Å². The number of β-amino-alcohol motifs (C(OH)–C–C–N with tert-alkyl or cyclic N) is 1. The third-order valence-electron chi connectivity index (χ3n) is 2.90. The lowest BCUT2D eigenvalue weighted by Crippen LogP contribution is -2.30. The Morgan fingerprint density at radius 1 is 1.56 bits per heavy atom.